The van der Waals surface area contributed by atoms with E-state index in [2.05, 4.69) is 0 Å². The van der Waals surface area contributed by atoms with Crippen molar-refractivity contribution in [1.82, 2.24) is 0 Å². The lowest BCUT2D eigenvalue weighted by Gasteiger charge is -2.13. The third-order valence-corrected chi connectivity index (χ3v) is 3.06. The minimum atomic E-state index is -0.713. The number of nitrogen functional groups attached to an aromatic ring is 1. The van der Waals surface area contributed by atoms with Crippen LogP contribution >= 0.6 is 0 Å². The third-order valence-electron chi connectivity index (χ3n) is 3.06. The minimum absolute atomic E-state index is 0.209. The highest BCUT2D eigenvalue weighted by molar-refractivity contribution is 5.47. The first-order valence-corrected chi connectivity index (χ1v) is 6.44. The van der Waals surface area contributed by atoms with Crippen molar-refractivity contribution in [1.29, 1.82) is 0 Å². The topological polar surface area (TPSA) is 64.7 Å². The monoisotopic (exact) mass is 273 g/mol. The number of anilines is 1. The fourth-order valence-corrected chi connectivity index (χ4v) is 1.91. The Balaban J connectivity index is 1.84. The van der Waals surface area contributed by atoms with Crippen LogP contribution in [0.2, 0.25) is 0 Å². The molecule has 0 bridgehead atoms. The van der Waals surface area contributed by atoms with Gasteiger partial charge in [-0.1, -0.05) is 30.3 Å². The molecule has 4 nitrogen and oxygen atoms in total. The minimum Gasteiger partial charge on any atom is -0.497 e. The summed E-state index contributed by atoms with van der Waals surface area (Å²) in [5.41, 5.74) is 8.11. The van der Waals surface area contributed by atoms with E-state index in [9.17, 15) is 5.11 Å². The van der Waals surface area contributed by atoms with Gasteiger partial charge >= 0.3 is 0 Å². The summed E-state index contributed by atoms with van der Waals surface area (Å²) < 4.78 is 10.6. The number of aliphatic hydroxyl groups excluding tert-OH is 1. The molecule has 0 fully saturated rings. The predicted molar refractivity (Wildman–Crippen MR) is 78.5 cm³/mol. The molecule has 1 atom stereocenters. The molecule has 3 N–H and O–H groups in total. The van der Waals surface area contributed by atoms with Crippen LogP contribution in [0.1, 0.15) is 17.2 Å². The lowest BCUT2D eigenvalue weighted by atomic mass is 10.1. The highest BCUT2D eigenvalue weighted by Crippen LogP contribution is 2.20. The number of benzene rings is 2. The van der Waals surface area contributed by atoms with Crippen molar-refractivity contribution in [2.24, 2.45) is 0 Å². The van der Waals surface area contributed by atoms with E-state index in [-0.39, 0.29) is 6.61 Å². The van der Waals surface area contributed by atoms with Crippen LogP contribution in [0.4, 0.5) is 5.69 Å². The zero-order valence-corrected chi connectivity index (χ0v) is 11.5. The van der Waals surface area contributed by atoms with Crippen LogP contribution in [0, 0.1) is 0 Å². The average molecular weight is 273 g/mol. The summed E-state index contributed by atoms with van der Waals surface area (Å²) in [5.74, 6) is 0.811. The van der Waals surface area contributed by atoms with E-state index < -0.39 is 6.10 Å². The molecule has 0 saturated carbocycles. The van der Waals surface area contributed by atoms with Crippen LogP contribution in [0.5, 0.6) is 5.75 Å². The molecule has 0 amide bonds. The highest BCUT2D eigenvalue weighted by atomic mass is 16.5. The molecule has 1 unspecified atom stereocenters. The summed E-state index contributed by atoms with van der Waals surface area (Å²) in [5, 5.41) is 10.0. The maximum atomic E-state index is 10.0. The summed E-state index contributed by atoms with van der Waals surface area (Å²) >= 11 is 0. The Morgan fingerprint density at radius 2 is 1.80 bits per heavy atom. The van der Waals surface area contributed by atoms with Crippen LogP contribution in [0.25, 0.3) is 0 Å². The van der Waals surface area contributed by atoms with Gasteiger partial charge in [0.2, 0.25) is 0 Å². The molecular formula is C16H19NO3. The Morgan fingerprint density at radius 1 is 1.10 bits per heavy atom. The molecule has 0 radical (unpaired) electrons. The van der Waals surface area contributed by atoms with E-state index >= 15 is 0 Å². The Kier molecular flexibility index (Phi) is 4.98. The van der Waals surface area contributed by atoms with Crippen LogP contribution in [-0.2, 0) is 11.3 Å². The first kappa shape index (κ1) is 14.4. The number of methoxy groups -OCH3 is 1. The number of hydrogen-bond donors (Lipinski definition) is 2. The van der Waals surface area contributed by atoms with Crippen molar-refractivity contribution in [3.63, 3.8) is 0 Å². The van der Waals surface area contributed by atoms with Crippen molar-refractivity contribution in [2.45, 2.75) is 12.7 Å². The number of hydrogen-bond acceptors (Lipinski definition) is 4. The Bertz CT molecular complexity index is 540. The Morgan fingerprint density at radius 3 is 2.45 bits per heavy atom. The van der Waals surface area contributed by atoms with E-state index in [1.54, 1.807) is 19.2 Å². The summed E-state index contributed by atoms with van der Waals surface area (Å²) in [6.07, 6.45) is -0.713. The van der Waals surface area contributed by atoms with Crippen LogP contribution in [0.3, 0.4) is 0 Å². The maximum Gasteiger partial charge on any atom is 0.118 e. The van der Waals surface area contributed by atoms with E-state index in [0.29, 0.717) is 17.9 Å². The number of rotatable bonds is 6. The second-order valence-corrected chi connectivity index (χ2v) is 4.51. The first-order valence-electron chi connectivity index (χ1n) is 6.44. The molecule has 0 aliphatic carbocycles. The standard InChI is InChI=1S/C16H19NO3/c1-19-13-8-6-12(7-9-13)10-20-11-16(18)14-4-2-3-5-15(14)17/h2-9,16,18H,10-11,17H2,1H3. The molecule has 0 saturated heterocycles. The fourth-order valence-electron chi connectivity index (χ4n) is 1.91. The summed E-state index contributed by atoms with van der Waals surface area (Å²) in [6, 6.07) is 14.9. The van der Waals surface area contributed by atoms with Crippen molar-refractivity contribution in [3.05, 3.63) is 59.7 Å². The molecular weight excluding hydrogens is 254 g/mol. The first-order chi connectivity index (χ1) is 9.70. The molecule has 0 aromatic heterocycles. The fraction of sp³-hybridized carbons (Fsp3) is 0.250. The third kappa shape index (κ3) is 3.73. The highest BCUT2D eigenvalue weighted by Gasteiger charge is 2.10. The lowest BCUT2D eigenvalue weighted by molar-refractivity contribution is 0.0280. The summed E-state index contributed by atoms with van der Waals surface area (Å²) in [4.78, 5) is 0. The molecule has 20 heavy (non-hydrogen) atoms. The predicted octanol–water partition coefficient (Wildman–Crippen LogP) is 2.53. The quantitative estimate of drug-likeness (QED) is 0.794. The second-order valence-electron chi connectivity index (χ2n) is 4.51. The molecule has 2 rings (SSSR count). The van der Waals surface area contributed by atoms with Gasteiger partial charge in [-0.15, -0.1) is 0 Å². The van der Waals surface area contributed by atoms with Crippen LogP contribution in [-0.4, -0.2) is 18.8 Å². The number of aliphatic hydroxyl groups is 1. The van der Waals surface area contributed by atoms with Gasteiger partial charge in [0.05, 0.1) is 20.3 Å². The van der Waals surface area contributed by atoms with Gasteiger partial charge in [0, 0.05) is 11.3 Å². The molecule has 0 aliphatic heterocycles. The van der Waals surface area contributed by atoms with Gasteiger partial charge in [0.25, 0.3) is 0 Å². The van der Waals surface area contributed by atoms with Gasteiger partial charge in [-0.2, -0.15) is 0 Å². The van der Waals surface area contributed by atoms with Crippen molar-refractivity contribution >= 4 is 5.69 Å². The summed E-state index contributed by atoms with van der Waals surface area (Å²) in [6.45, 7) is 0.647. The summed E-state index contributed by atoms with van der Waals surface area (Å²) in [7, 11) is 1.63. The van der Waals surface area contributed by atoms with Crippen molar-refractivity contribution in [3.8, 4) is 5.75 Å². The van der Waals surface area contributed by atoms with Gasteiger partial charge in [0.15, 0.2) is 0 Å². The van der Waals surface area contributed by atoms with E-state index in [1.807, 2.05) is 36.4 Å². The lowest BCUT2D eigenvalue weighted by Crippen LogP contribution is -2.09. The van der Waals surface area contributed by atoms with Gasteiger partial charge in [-0.3, -0.25) is 0 Å². The average Bonchev–Trinajstić information content (AvgIpc) is 2.48. The van der Waals surface area contributed by atoms with E-state index in [1.165, 1.54) is 0 Å². The van der Waals surface area contributed by atoms with Crippen molar-refractivity contribution < 1.29 is 14.6 Å². The number of ether oxygens (including phenoxy) is 2. The molecule has 0 heterocycles. The van der Waals surface area contributed by atoms with Crippen LogP contribution < -0.4 is 10.5 Å². The maximum absolute atomic E-state index is 10.0. The van der Waals surface area contributed by atoms with Crippen molar-refractivity contribution in [2.75, 3.05) is 19.5 Å². The second kappa shape index (κ2) is 6.93. The van der Waals surface area contributed by atoms with Gasteiger partial charge in [-0.05, 0) is 23.8 Å². The molecule has 106 valence electrons. The largest absolute Gasteiger partial charge is 0.497 e. The van der Waals surface area contributed by atoms with Crippen LogP contribution in [0.15, 0.2) is 48.5 Å². The molecule has 2 aromatic rings. The molecule has 4 heteroatoms. The molecule has 0 aliphatic rings. The normalized spacial score (nSPS) is 12.1. The van der Waals surface area contributed by atoms with Gasteiger partial charge in [-0.25, -0.2) is 0 Å². The SMILES string of the molecule is COc1ccc(COCC(O)c2ccccc2N)cc1. The zero-order valence-electron chi connectivity index (χ0n) is 11.5. The Hall–Kier alpha value is -2.04. The van der Waals surface area contributed by atoms with Gasteiger partial charge in [0.1, 0.15) is 11.9 Å². The van der Waals surface area contributed by atoms with E-state index in [0.717, 1.165) is 11.3 Å². The number of nitrogens with two attached hydrogens (primary N) is 1. The smallest absolute Gasteiger partial charge is 0.118 e. The number of para-hydroxylation sites is 1. The zero-order chi connectivity index (χ0) is 14.4. The molecule has 2 aromatic carbocycles. The Labute approximate surface area is 118 Å². The van der Waals surface area contributed by atoms with E-state index in [4.69, 9.17) is 15.2 Å². The van der Waals surface area contributed by atoms with Gasteiger partial charge < -0.3 is 20.3 Å². The molecule has 0 spiro atoms.